The summed E-state index contributed by atoms with van der Waals surface area (Å²) >= 11 is 0. The fourth-order valence-electron chi connectivity index (χ4n) is 2.82. The Labute approximate surface area is 121 Å². The van der Waals surface area contributed by atoms with Crippen molar-refractivity contribution in [3.8, 4) is 0 Å². The lowest BCUT2D eigenvalue weighted by Gasteiger charge is -2.36. The molecule has 5 nitrogen and oxygen atoms in total. The third kappa shape index (κ3) is 3.51. The van der Waals surface area contributed by atoms with Gasteiger partial charge in [-0.1, -0.05) is 20.8 Å². The van der Waals surface area contributed by atoms with Crippen molar-refractivity contribution in [2.45, 2.75) is 39.7 Å². The molecule has 114 valence electrons. The van der Waals surface area contributed by atoms with Gasteiger partial charge in [0.15, 0.2) is 0 Å². The van der Waals surface area contributed by atoms with Crippen molar-refractivity contribution in [1.82, 2.24) is 15.5 Å². The summed E-state index contributed by atoms with van der Waals surface area (Å²) < 4.78 is 0. The lowest BCUT2D eigenvalue weighted by Crippen LogP contribution is -2.53. The van der Waals surface area contributed by atoms with E-state index in [0.29, 0.717) is 5.92 Å². The molecule has 0 spiro atoms. The van der Waals surface area contributed by atoms with Crippen molar-refractivity contribution in [3.05, 3.63) is 0 Å². The Balaban J connectivity index is 1.73. The molecule has 1 atom stereocenters. The van der Waals surface area contributed by atoms with E-state index in [1.807, 2.05) is 25.7 Å². The highest BCUT2D eigenvalue weighted by molar-refractivity contribution is 5.79. The van der Waals surface area contributed by atoms with E-state index in [1.165, 1.54) is 0 Å². The van der Waals surface area contributed by atoms with Gasteiger partial charge >= 0.3 is 0 Å². The van der Waals surface area contributed by atoms with Gasteiger partial charge in [-0.25, -0.2) is 0 Å². The summed E-state index contributed by atoms with van der Waals surface area (Å²) in [6, 6.07) is 0.231. The molecule has 0 bridgehead atoms. The second-order valence-corrected chi connectivity index (χ2v) is 6.47. The minimum absolute atomic E-state index is 0.0623. The molecule has 0 aromatic rings. The highest BCUT2D eigenvalue weighted by Crippen LogP contribution is 2.18. The van der Waals surface area contributed by atoms with Crippen LogP contribution in [0.3, 0.4) is 0 Å². The maximum atomic E-state index is 12.1. The molecule has 2 N–H and O–H groups in total. The van der Waals surface area contributed by atoms with Crippen molar-refractivity contribution >= 4 is 11.8 Å². The SMILES string of the molecule is CC(C)C(=O)N1CCC(NC(=O)C(C)C2CNC2)CC1. The van der Waals surface area contributed by atoms with E-state index >= 15 is 0 Å². The predicted octanol–water partition coefficient (Wildman–Crippen LogP) is 0.605. The number of nitrogens with one attached hydrogen (secondary N) is 2. The summed E-state index contributed by atoms with van der Waals surface area (Å²) in [4.78, 5) is 26.0. The van der Waals surface area contributed by atoms with Gasteiger partial charge in [-0.2, -0.15) is 0 Å². The van der Waals surface area contributed by atoms with E-state index < -0.39 is 0 Å². The Kier molecular flexibility index (Phi) is 5.02. The van der Waals surface area contributed by atoms with Crippen LogP contribution in [0.1, 0.15) is 33.6 Å². The summed E-state index contributed by atoms with van der Waals surface area (Å²) in [6.45, 7) is 9.32. The van der Waals surface area contributed by atoms with Crippen LogP contribution in [0.25, 0.3) is 0 Å². The topological polar surface area (TPSA) is 61.4 Å². The fraction of sp³-hybridized carbons (Fsp3) is 0.867. The van der Waals surface area contributed by atoms with Gasteiger partial charge in [0.2, 0.25) is 11.8 Å². The zero-order valence-electron chi connectivity index (χ0n) is 12.8. The highest BCUT2D eigenvalue weighted by Gasteiger charge is 2.31. The number of rotatable bonds is 4. The molecule has 0 aliphatic carbocycles. The smallest absolute Gasteiger partial charge is 0.225 e. The predicted molar refractivity (Wildman–Crippen MR) is 78.1 cm³/mol. The number of carbonyl (C=O) groups excluding carboxylic acids is 2. The average molecular weight is 281 g/mol. The largest absolute Gasteiger partial charge is 0.353 e. The second-order valence-electron chi connectivity index (χ2n) is 6.47. The molecule has 0 aromatic heterocycles. The van der Waals surface area contributed by atoms with Crippen LogP contribution in [0.4, 0.5) is 0 Å². The molecule has 2 amide bonds. The van der Waals surface area contributed by atoms with Gasteiger partial charge in [-0.15, -0.1) is 0 Å². The Morgan fingerprint density at radius 2 is 1.75 bits per heavy atom. The molecule has 2 rings (SSSR count). The lowest BCUT2D eigenvalue weighted by molar-refractivity contribution is -0.135. The van der Waals surface area contributed by atoms with E-state index in [9.17, 15) is 9.59 Å². The molecule has 2 aliphatic heterocycles. The molecule has 20 heavy (non-hydrogen) atoms. The number of carbonyl (C=O) groups is 2. The number of hydrogen-bond acceptors (Lipinski definition) is 3. The van der Waals surface area contributed by atoms with Crippen LogP contribution in [0.5, 0.6) is 0 Å². The van der Waals surface area contributed by atoms with E-state index in [0.717, 1.165) is 39.0 Å². The van der Waals surface area contributed by atoms with Crippen LogP contribution in [0.2, 0.25) is 0 Å². The first-order chi connectivity index (χ1) is 9.49. The molecule has 2 fully saturated rings. The Morgan fingerprint density at radius 3 is 2.20 bits per heavy atom. The monoisotopic (exact) mass is 281 g/mol. The van der Waals surface area contributed by atoms with Crippen LogP contribution in [-0.2, 0) is 9.59 Å². The molecule has 5 heteroatoms. The zero-order chi connectivity index (χ0) is 14.7. The number of nitrogens with zero attached hydrogens (tertiary/aromatic N) is 1. The average Bonchev–Trinajstić information content (AvgIpc) is 2.36. The lowest BCUT2D eigenvalue weighted by atomic mass is 9.88. The first-order valence-corrected chi connectivity index (χ1v) is 7.79. The van der Waals surface area contributed by atoms with Crippen molar-refractivity contribution < 1.29 is 9.59 Å². The third-order valence-corrected chi connectivity index (χ3v) is 4.58. The molecule has 2 heterocycles. The van der Waals surface area contributed by atoms with Crippen LogP contribution in [0.15, 0.2) is 0 Å². The zero-order valence-corrected chi connectivity index (χ0v) is 12.8. The minimum Gasteiger partial charge on any atom is -0.353 e. The summed E-state index contributed by atoms with van der Waals surface area (Å²) in [5, 5.41) is 6.36. The van der Waals surface area contributed by atoms with Gasteiger partial charge in [0.25, 0.3) is 0 Å². The van der Waals surface area contributed by atoms with Crippen molar-refractivity contribution in [1.29, 1.82) is 0 Å². The van der Waals surface area contributed by atoms with E-state index in [4.69, 9.17) is 0 Å². The Bertz CT molecular complexity index is 358. The van der Waals surface area contributed by atoms with Crippen LogP contribution < -0.4 is 10.6 Å². The number of piperidine rings is 1. The Hall–Kier alpha value is -1.10. The van der Waals surface area contributed by atoms with Gasteiger partial charge in [-0.3, -0.25) is 9.59 Å². The second kappa shape index (κ2) is 6.57. The van der Waals surface area contributed by atoms with Crippen LogP contribution in [0, 0.1) is 17.8 Å². The first-order valence-electron chi connectivity index (χ1n) is 7.79. The molecule has 0 aromatic carbocycles. The molecule has 2 saturated heterocycles. The quantitative estimate of drug-likeness (QED) is 0.793. The molecular formula is C15H27N3O2. The first kappa shape index (κ1) is 15.3. The Morgan fingerprint density at radius 1 is 1.15 bits per heavy atom. The van der Waals surface area contributed by atoms with Crippen LogP contribution in [-0.4, -0.2) is 48.9 Å². The fourth-order valence-corrected chi connectivity index (χ4v) is 2.82. The van der Waals surface area contributed by atoms with E-state index in [1.54, 1.807) is 0 Å². The van der Waals surface area contributed by atoms with Gasteiger partial charge in [0, 0.05) is 31.0 Å². The summed E-state index contributed by atoms with van der Waals surface area (Å²) in [5.41, 5.74) is 0. The minimum atomic E-state index is 0.0623. The van der Waals surface area contributed by atoms with Gasteiger partial charge in [0.05, 0.1) is 0 Å². The third-order valence-electron chi connectivity index (χ3n) is 4.58. The van der Waals surface area contributed by atoms with E-state index in [2.05, 4.69) is 10.6 Å². The number of hydrogen-bond donors (Lipinski definition) is 2. The van der Waals surface area contributed by atoms with Crippen molar-refractivity contribution in [2.75, 3.05) is 26.2 Å². The van der Waals surface area contributed by atoms with Crippen molar-refractivity contribution in [3.63, 3.8) is 0 Å². The summed E-state index contributed by atoms with van der Waals surface area (Å²) in [7, 11) is 0. The number of likely N-dealkylation sites (tertiary alicyclic amines) is 1. The van der Waals surface area contributed by atoms with Crippen molar-refractivity contribution in [2.24, 2.45) is 17.8 Å². The van der Waals surface area contributed by atoms with E-state index in [-0.39, 0.29) is 29.7 Å². The molecule has 1 unspecified atom stereocenters. The number of amides is 2. The highest BCUT2D eigenvalue weighted by atomic mass is 16.2. The van der Waals surface area contributed by atoms with Gasteiger partial charge in [-0.05, 0) is 31.8 Å². The molecule has 0 saturated carbocycles. The molecule has 2 aliphatic rings. The van der Waals surface area contributed by atoms with Crippen LogP contribution >= 0.6 is 0 Å². The molecule has 0 radical (unpaired) electrons. The maximum Gasteiger partial charge on any atom is 0.225 e. The summed E-state index contributed by atoms with van der Waals surface area (Å²) in [5.74, 6) is 1.03. The molecular weight excluding hydrogens is 254 g/mol. The summed E-state index contributed by atoms with van der Waals surface area (Å²) in [6.07, 6.45) is 1.75. The van der Waals surface area contributed by atoms with Gasteiger partial charge < -0.3 is 15.5 Å². The maximum absolute atomic E-state index is 12.1. The normalized spacial score (nSPS) is 22.5. The standard InChI is InChI=1S/C15H27N3O2/c1-10(2)15(20)18-6-4-13(5-7-18)17-14(19)11(3)12-8-16-9-12/h10-13,16H,4-9H2,1-3H3,(H,17,19). The van der Waals surface area contributed by atoms with Gasteiger partial charge in [0.1, 0.15) is 0 Å².